The van der Waals surface area contributed by atoms with Crippen LogP contribution in [0.1, 0.15) is 13.3 Å². The van der Waals surface area contributed by atoms with Gasteiger partial charge in [0.15, 0.2) is 0 Å². The van der Waals surface area contributed by atoms with Gasteiger partial charge in [-0.2, -0.15) is 0 Å². The minimum Gasteiger partial charge on any atom is -0.395 e. The summed E-state index contributed by atoms with van der Waals surface area (Å²) in [4.78, 5) is 0. The van der Waals surface area contributed by atoms with E-state index in [0.717, 1.165) is 13.0 Å². The van der Waals surface area contributed by atoms with Crippen molar-refractivity contribution in [3.05, 3.63) is 0 Å². The topological polar surface area (TPSA) is 34.3 Å². The molecule has 1 N–H and O–H groups in total. The highest BCUT2D eigenvalue weighted by Gasteiger charge is 1.79. The van der Waals surface area contributed by atoms with E-state index in [4.69, 9.17) is 5.11 Å². The van der Waals surface area contributed by atoms with Gasteiger partial charge in [0.25, 0.3) is 0 Å². The Hall–Kier alpha value is -0.0800. The minimum absolute atomic E-state index is 0.194. The van der Waals surface area contributed by atoms with E-state index in [1.54, 1.807) is 0 Å². The van der Waals surface area contributed by atoms with Gasteiger partial charge in [0.2, 0.25) is 0 Å². The van der Waals surface area contributed by atoms with Crippen LogP contribution >= 0.6 is 0 Å². The van der Waals surface area contributed by atoms with Crippen LogP contribution in [0.15, 0.2) is 0 Å². The summed E-state index contributed by atoms with van der Waals surface area (Å²) in [5.41, 5.74) is 0. The first-order valence-electron chi connectivity index (χ1n) is 2.66. The first-order valence-corrected chi connectivity index (χ1v) is 2.66. The molecule has 0 heterocycles. The highest BCUT2D eigenvalue weighted by atomic mass is 16.3. The largest absolute Gasteiger partial charge is 0.395 e. The molecule has 0 aromatic rings. The molecule has 7 heavy (non-hydrogen) atoms. The third kappa shape index (κ3) is 5.92. The molecule has 0 rings (SSSR count). The molecule has 0 aliphatic carbocycles. The molecule has 0 saturated heterocycles. The van der Waals surface area contributed by atoms with Gasteiger partial charge in [-0.15, -0.1) is 0 Å². The first kappa shape index (κ1) is 6.92. The smallest absolute Gasteiger partial charge is 0.0572 e. The fourth-order valence-electron chi connectivity index (χ4n) is 0.341. The fourth-order valence-corrected chi connectivity index (χ4v) is 0.341. The Morgan fingerprint density at radius 3 is 2.57 bits per heavy atom. The van der Waals surface area contributed by atoms with E-state index < -0.39 is 0 Å². The second kappa shape index (κ2) is 5.92. The van der Waals surface area contributed by atoms with E-state index in [0.29, 0.717) is 6.54 Å². The lowest BCUT2D eigenvalue weighted by Gasteiger charge is -1.92. The Balaban J connectivity index is 2.45. The molecule has 0 aliphatic heterocycles. The summed E-state index contributed by atoms with van der Waals surface area (Å²) in [7, 11) is 0. The van der Waals surface area contributed by atoms with Crippen molar-refractivity contribution in [3.63, 3.8) is 0 Å². The number of aliphatic hydroxyl groups is 1. The lowest BCUT2D eigenvalue weighted by Crippen LogP contribution is -2.10. The second-order valence-electron chi connectivity index (χ2n) is 1.39. The molecule has 43 valence electrons. The van der Waals surface area contributed by atoms with Gasteiger partial charge in [0, 0.05) is 13.1 Å². The Labute approximate surface area is 44.5 Å². The predicted octanol–water partition coefficient (Wildman–Crippen LogP) is -0.00690. The van der Waals surface area contributed by atoms with Crippen LogP contribution in [0.4, 0.5) is 0 Å². The Morgan fingerprint density at radius 1 is 1.43 bits per heavy atom. The van der Waals surface area contributed by atoms with Crippen molar-refractivity contribution in [1.82, 2.24) is 5.32 Å². The Kier molecular flexibility index (Phi) is 5.85. The van der Waals surface area contributed by atoms with Gasteiger partial charge in [0.05, 0.1) is 6.61 Å². The number of nitrogens with zero attached hydrogens (tertiary/aromatic N) is 1. The van der Waals surface area contributed by atoms with E-state index >= 15 is 0 Å². The maximum absolute atomic E-state index is 8.20. The van der Waals surface area contributed by atoms with Gasteiger partial charge in [-0.1, -0.05) is 6.92 Å². The normalized spacial score (nSPS) is 9.43. The van der Waals surface area contributed by atoms with Crippen molar-refractivity contribution < 1.29 is 5.11 Å². The summed E-state index contributed by atoms with van der Waals surface area (Å²) in [5, 5.41) is 12.2. The SMILES string of the molecule is CCC[N]CCO. The molecule has 0 atom stereocenters. The van der Waals surface area contributed by atoms with Gasteiger partial charge in [-0.05, 0) is 6.42 Å². The molecule has 0 unspecified atom stereocenters. The summed E-state index contributed by atoms with van der Waals surface area (Å²) >= 11 is 0. The third-order valence-electron chi connectivity index (χ3n) is 0.640. The lowest BCUT2D eigenvalue weighted by atomic mass is 10.5. The summed E-state index contributed by atoms with van der Waals surface area (Å²) in [5.74, 6) is 0. The zero-order chi connectivity index (χ0) is 5.54. The molecular weight excluding hydrogens is 90.1 g/mol. The second-order valence-corrected chi connectivity index (χ2v) is 1.39. The lowest BCUT2D eigenvalue weighted by molar-refractivity contribution is 0.291. The molecular formula is C5H12NO. The zero-order valence-electron chi connectivity index (χ0n) is 4.72. The Bertz CT molecular complexity index is 27.3. The number of hydrogen-bond acceptors (Lipinski definition) is 1. The van der Waals surface area contributed by atoms with E-state index in [9.17, 15) is 0 Å². The molecule has 0 saturated carbocycles. The highest BCUT2D eigenvalue weighted by Crippen LogP contribution is 1.69. The van der Waals surface area contributed by atoms with Crippen LogP contribution in [0.25, 0.3) is 0 Å². The molecule has 0 aromatic carbocycles. The van der Waals surface area contributed by atoms with Crippen LogP contribution in [0.5, 0.6) is 0 Å². The summed E-state index contributed by atoms with van der Waals surface area (Å²) in [6, 6.07) is 0. The standard InChI is InChI=1S/C5H12NO/c1-2-3-6-4-5-7/h7H,2-5H2,1H3. The molecule has 0 fully saturated rings. The maximum Gasteiger partial charge on any atom is 0.0572 e. The predicted molar refractivity (Wildman–Crippen MR) is 29.2 cm³/mol. The summed E-state index contributed by atoms with van der Waals surface area (Å²) < 4.78 is 0. The molecule has 0 bridgehead atoms. The van der Waals surface area contributed by atoms with Crippen LogP contribution < -0.4 is 5.32 Å². The van der Waals surface area contributed by atoms with Crippen LogP contribution in [-0.4, -0.2) is 24.8 Å². The average Bonchev–Trinajstić information content (AvgIpc) is 1.69. The number of rotatable bonds is 4. The molecule has 0 aliphatic rings. The van der Waals surface area contributed by atoms with Crippen molar-refractivity contribution in [2.24, 2.45) is 0 Å². The quantitative estimate of drug-likeness (QED) is 0.498. The first-order chi connectivity index (χ1) is 3.41. The molecule has 0 aromatic heterocycles. The van der Waals surface area contributed by atoms with Crippen molar-refractivity contribution in [2.75, 3.05) is 19.7 Å². The van der Waals surface area contributed by atoms with E-state index in [1.807, 2.05) is 0 Å². The fraction of sp³-hybridized carbons (Fsp3) is 1.00. The molecule has 2 heteroatoms. The molecule has 0 spiro atoms. The maximum atomic E-state index is 8.20. The van der Waals surface area contributed by atoms with Crippen LogP contribution in [0.2, 0.25) is 0 Å². The van der Waals surface area contributed by atoms with Crippen molar-refractivity contribution in [2.45, 2.75) is 13.3 Å². The van der Waals surface area contributed by atoms with Crippen molar-refractivity contribution >= 4 is 0 Å². The van der Waals surface area contributed by atoms with E-state index in [2.05, 4.69) is 12.2 Å². The van der Waals surface area contributed by atoms with Gasteiger partial charge in [0.1, 0.15) is 0 Å². The monoisotopic (exact) mass is 102 g/mol. The van der Waals surface area contributed by atoms with Crippen molar-refractivity contribution in [1.29, 1.82) is 0 Å². The van der Waals surface area contributed by atoms with Crippen LogP contribution in [-0.2, 0) is 0 Å². The zero-order valence-corrected chi connectivity index (χ0v) is 4.72. The molecule has 0 amide bonds. The van der Waals surface area contributed by atoms with E-state index in [-0.39, 0.29) is 6.61 Å². The van der Waals surface area contributed by atoms with Crippen molar-refractivity contribution in [3.8, 4) is 0 Å². The number of aliphatic hydroxyl groups excluding tert-OH is 1. The Morgan fingerprint density at radius 2 is 2.14 bits per heavy atom. The third-order valence-corrected chi connectivity index (χ3v) is 0.640. The molecule has 2 nitrogen and oxygen atoms in total. The van der Waals surface area contributed by atoms with Gasteiger partial charge < -0.3 is 5.11 Å². The molecule has 1 radical (unpaired) electrons. The van der Waals surface area contributed by atoms with Crippen LogP contribution in [0, 0.1) is 0 Å². The minimum atomic E-state index is 0.194. The van der Waals surface area contributed by atoms with Gasteiger partial charge >= 0.3 is 0 Å². The van der Waals surface area contributed by atoms with Crippen LogP contribution in [0.3, 0.4) is 0 Å². The van der Waals surface area contributed by atoms with Gasteiger partial charge in [-0.3, -0.25) is 0 Å². The number of hydrogen-bond donors (Lipinski definition) is 1. The summed E-state index contributed by atoms with van der Waals surface area (Å²) in [6.07, 6.45) is 1.08. The van der Waals surface area contributed by atoms with Gasteiger partial charge in [-0.25, -0.2) is 5.32 Å². The summed E-state index contributed by atoms with van der Waals surface area (Å²) in [6.45, 7) is 3.76. The van der Waals surface area contributed by atoms with E-state index in [1.165, 1.54) is 0 Å². The highest BCUT2D eigenvalue weighted by molar-refractivity contribution is 4.39. The average molecular weight is 102 g/mol.